The first kappa shape index (κ1) is 16.8. The van der Waals surface area contributed by atoms with E-state index in [1.165, 1.54) is 0 Å². The van der Waals surface area contributed by atoms with Gasteiger partial charge in [-0.05, 0) is 42.8 Å². The molecule has 3 unspecified atom stereocenters. The van der Waals surface area contributed by atoms with Gasteiger partial charge in [0.2, 0.25) is 0 Å². The molecular weight excluding hydrogens is 326 g/mol. The Bertz CT molecular complexity index is 738. The van der Waals surface area contributed by atoms with Crippen LogP contribution in [0.5, 0.6) is 5.75 Å². The first-order valence-electron chi connectivity index (χ1n) is 7.80. The van der Waals surface area contributed by atoms with E-state index < -0.39 is 0 Å². The summed E-state index contributed by atoms with van der Waals surface area (Å²) in [7, 11) is 1.58. The number of nitrogens with one attached hydrogen (secondary N) is 3. The van der Waals surface area contributed by atoms with Crippen LogP contribution in [0.1, 0.15) is 28.8 Å². The van der Waals surface area contributed by atoms with E-state index >= 15 is 0 Å². The van der Waals surface area contributed by atoms with Crippen molar-refractivity contribution in [1.82, 2.24) is 16.2 Å². The van der Waals surface area contributed by atoms with E-state index in [1.54, 1.807) is 25.3 Å². The number of rotatable bonds is 4. The van der Waals surface area contributed by atoms with Crippen LogP contribution in [-0.4, -0.2) is 25.2 Å². The minimum Gasteiger partial charge on any atom is -0.497 e. The van der Waals surface area contributed by atoms with Crippen LogP contribution in [0.25, 0.3) is 0 Å². The van der Waals surface area contributed by atoms with Crippen molar-refractivity contribution in [2.45, 2.75) is 25.0 Å². The van der Waals surface area contributed by atoms with Crippen LogP contribution in [0.15, 0.2) is 48.5 Å². The lowest BCUT2D eigenvalue weighted by atomic mass is 9.91. The van der Waals surface area contributed by atoms with Gasteiger partial charge in [-0.1, -0.05) is 29.8 Å². The highest BCUT2D eigenvalue weighted by atomic mass is 35.5. The summed E-state index contributed by atoms with van der Waals surface area (Å²) in [6.07, 6.45) is -0.239. The van der Waals surface area contributed by atoms with Crippen molar-refractivity contribution < 1.29 is 9.53 Å². The Morgan fingerprint density at radius 3 is 2.71 bits per heavy atom. The molecular formula is C18H20ClN3O2. The van der Waals surface area contributed by atoms with Crippen molar-refractivity contribution in [3.05, 3.63) is 64.7 Å². The monoisotopic (exact) mass is 345 g/mol. The van der Waals surface area contributed by atoms with E-state index in [9.17, 15) is 4.79 Å². The SMILES string of the molecule is COc1cccc(C(=O)NC2NNC(C)C2c2cccc(Cl)c2)c1. The van der Waals surface area contributed by atoms with E-state index in [-0.39, 0.29) is 24.0 Å². The minimum absolute atomic E-state index is 0.0678. The Kier molecular flexibility index (Phi) is 5.04. The third-order valence-electron chi connectivity index (χ3n) is 4.22. The van der Waals surface area contributed by atoms with E-state index in [2.05, 4.69) is 23.1 Å². The van der Waals surface area contributed by atoms with Gasteiger partial charge in [-0.2, -0.15) is 0 Å². The second kappa shape index (κ2) is 7.21. The summed E-state index contributed by atoms with van der Waals surface area (Å²) in [6.45, 7) is 2.07. The van der Waals surface area contributed by atoms with Crippen LogP contribution in [0.3, 0.4) is 0 Å². The van der Waals surface area contributed by atoms with E-state index in [4.69, 9.17) is 16.3 Å². The first-order valence-corrected chi connectivity index (χ1v) is 8.17. The second-order valence-electron chi connectivity index (χ2n) is 5.84. The van der Waals surface area contributed by atoms with Crippen molar-refractivity contribution in [1.29, 1.82) is 0 Å². The number of benzene rings is 2. The molecule has 0 radical (unpaired) electrons. The quantitative estimate of drug-likeness (QED) is 0.797. The molecule has 1 fully saturated rings. The van der Waals surface area contributed by atoms with Crippen LogP contribution in [-0.2, 0) is 0 Å². The molecule has 126 valence electrons. The number of methoxy groups -OCH3 is 1. The molecule has 0 saturated carbocycles. The van der Waals surface area contributed by atoms with Crippen LogP contribution in [0.4, 0.5) is 0 Å². The Labute approximate surface area is 146 Å². The first-order chi connectivity index (χ1) is 11.6. The van der Waals surface area contributed by atoms with Gasteiger partial charge < -0.3 is 10.1 Å². The lowest BCUT2D eigenvalue weighted by Crippen LogP contribution is -2.46. The Morgan fingerprint density at radius 1 is 1.17 bits per heavy atom. The second-order valence-corrected chi connectivity index (χ2v) is 6.28. The number of hydrazine groups is 1. The highest BCUT2D eigenvalue weighted by Gasteiger charge is 2.35. The predicted molar refractivity (Wildman–Crippen MR) is 94.2 cm³/mol. The van der Waals surface area contributed by atoms with Gasteiger partial charge in [-0.15, -0.1) is 0 Å². The van der Waals surface area contributed by atoms with Gasteiger partial charge in [0, 0.05) is 22.5 Å². The number of halogens is 1. The molecule has 5 nitrogen and oxygen atoms in total. The Hall–Kier alpha value is -2.08. The van der Waals surface area contributed by atoms with Crippen LogP contribution >= 0.6 is 11.6 Å². The van der Waals surface area contributed by atoms with Crippen molar-refractivity contribution in [3.63, 3.8) is 0 Å². The van der Waals surface area contributed by atoms with Gasteiger partial charge >= 0.3 is 0 Å². The van der Waals surface area contributed by atoms with Crippen LogP contribution in [0, 0.1) is 0 Å². The standard InChI is InChI=1S/C18H20ClN3O2/c1-11-16(12-5-3-7-14(19)9-12)17(22-21-11)20-18(23)13-6-4-8-15(10-13)24-2/h3-11,16-17,21-22H,1-2H3,(H,20,23). The highest BCUT2D eigenvalue weighted by Crippen LogP contribution is 2.28. The van der Waals surface area contributed by atoms with Crippen molar-refractivity contribution in [2.75, 3.05) is 7.11 Å². The summed E-state index contributed by atoms with van der Waals surface area (Å²) in [6, 6.07) is 15.0. The fourth-order valence-corrected chi connectivity index (χ4v) is 3.20. The van der Waals surface area contributed by atoms with Crippen molar-refractivity contribution in [2.24, 2.45) is 0 Å². The molecule has 0 aliphatic carbocycles. The number of carbonyl (C=O) groups is 1. The lowest BCUT2D eigenvalue weighted by Gasteiger charge is -2.22. The summed E-state index contributed by atoms with van der Waals surface area (Å²) < 4.78 is 5.17. The zero-order valence-corrected chi connectivity index (χ0v) is 14.3. The largest absolute Gasteiger partial charge is 0.497 e. The molecule has 0 spiro atoms. The van der Waals surface area contributed by atoms with E-state index in [0.29, 0.717) is 16.3 Å². The fourth-order valence-electron chi connectivity index (χ4n) is 3.00. The normalized spacial score (nSPS) is 23.0. The lowest BCUT2D eigenvalue weighted by molar-refractivity contribution is 0.0928. The molecule has 0 bridgehead atoms. The van der Waals surface area contributed by atoms with Crippen LogP contribution < -0.4 is 20.9 Å². The van der Waals surface area contributed by atoms with E-state index in [1.807, 2.05) is 30.3 Å². The van der Waals surface area contributed by atoms with Gasteiger partial charge in [0.25, 0.3) is 5.91 Å². The molecule has 1 saturated heterocycles. The molecule has 3 N–H and O–H groups in total. The van der Waals surface area contributed by atoms with Crippen molar-refractivity contribution in [3.8, 4) is 5.75 Å². The number of amides is 1. The third kappa shape index (κ3) is 3.53. The maximum absolute atomic E-state index is 12.6. The van der Waals surface area contributed by atoms with Gasteiger partial charge in [0.15, 0.2) is 0 Å². The predicted octanol–water partition coefficient (Wildman–Crippen LogP) is 2.68. The van der Waals surface area contributed by atoms with Gasteiger partial charge in [-0.3, -0.25) is 10.2 Å². The molecule has 2 aromatic carbocycles. The molecule has 2 aromatic rings. The smallest absolute Gasteiger partial charge is 0.252 e. The Balaban J connectivity index is 1.79. The van der Waals surface area contributed by atoms with Gasteiger partial charge in [0.05, 0.1) is 7.11 Å². The molecule has 1 heterocycles. The zero-order valence-electron chi connectivity index (χ0n) is 13.5. The fraction of sp³-hybridized carbons (Fsp3) is 0.278. The molecule has 3 rings (SSSR count). The number of ether oxygens (including phenoxy) is 1. The van der Waals surface area contributed by atoms with Gasteiger partial charge in [-0.25, -0.2) is 5.43 Å². The topological polar surface area (TPSA) is 62.4 Å². The van der Waals surface area contributed by atoms with Crippen molar-refractivity contribution >= 4 is 17.5 Å². The average molecular weight is 346 g/mol. The zero-order chi connectivity index (χ0) is 17.1. The summed E-state index contributed by atoms with van der Waals surface area (Å²) in [5.74, 6) is 0.563. The van der Waals surface area contributed by atoms with Crippen LogP contribution in [0.2, 0.25) is 5.02 Å². The number of hydrogen-bond donors (Lipinski definition) is 3. The van der Waals surface area contributed by atoms with E-state index in [0.717, 1.165) is 5.56 Å². The molecule has 0 aromatic heterocycles. The Morgan fingerprint density at radius 2 is 1.96 bits per heavy atom. The molecule has 1 amide bonds. The summed E-state index contributed by atoms with van der Waals surface area (Å²) in [5, 5.41) is 3.72. The number of hydrogen-bond acceptors (Lipinski definition) is 4. The molecule has 6 heteroatoms. The molecule has 24 heavy (non-hydrogen) atoms. The van der Waals surface area contributed by atoms with Gasteiger partial charge in [0.1, 0.15) is 11.9 Å². The molecule has 3 atom stereocenters. The maximum atomic E-state index is 12.6. The molecule has 1 aliphatic rings. The highest BCUT2D eigenvalue weighted by molar-refractivity contribution is 6.30. The maximum Gasteiger partial charge on any atom is 0.252 e. The third-order valence-corrected chi connectivity index (χ3v) is 4.45. The minimum atomic E-state index is -0.239. The number of carbonyl (C=O) groups excluding carboxylic acids is 1. The summed E-state index contributed by atoms with van der Waals surface area (Å²) >= 11 is 6.11. The summed E-state index contributed by atoms with van der Waals surface area (Å²) in [4.78, 5) is 12.6. The molecule has 1 aliphatic heterocycles. The average Bonchev–Trinajstić information content (AvgIpc) is 2.95. The summed E-state index contributed by atoms with van der Waals surface area (Å²) in [5.41, 5.74) is 7.96.